The lowest BCUT2D eigenvalue weighted by molar-refractivity contribution is 0.374. The van der Waals surface area contributed by atoms with E-state index in [2.05, 4.69) is 47.0 Å². The SMILES string of the molecule is CNCCC(C)CCCC(C)CCCC(C)CCCC(C)C. The Morgan fingerprint density at radius 2 is 0.909 bits per heavy atom. The highest BCUT2D eigenvalue weighted by Crippen LogP contribution is 2.22. The van der Waals surface area contributed by atoms with E-state index in [0.717, 1.165) is 23.7 Å². The van der Waals surface area contributed by atoms with Crippen molar-refractivity contribution in [1.82, 2.24) is 5.32 Å². The first kappa shape index (κ1) is 22.0. The Hall–Kier alpha value is -0.0400. The van der Waals surface area contributed by atoms with Crippen LogP contribution in [0.1, 0.15) is 98.8 Å². The molecule has 22 heavy (non-hydrogen) atoms. The predicted octanol–water partition coefficient (Wildman–Crippen LogP) is 6.67. The van der Waals surface area contributed by atoms with Crippen LogP contribution in [0, 0.1) is 23.7 Å². The normalized spacial score (nSPS) is 16.0. The van der Waals surface area contributed by atoms with Crippen molar-refractivity contribution in [3.8, 4) is 0 Å². The number of nitrogens with one attached hydrogen (secondary N) is 1. The van der Waals surface area contributed by atoms with E-state index < -0.39 is 0 Å². The van der Waals surface area contributed by atoms with Crippen LogP contribution < -0.4 is 5.32 Å². The summed E-state index contributed by atoms with van der Waals surface area (Å²) in [6.07, 6.45) is 14.2. The first-order valence-electron chi connectivity index (χ1n) is 10.1. The van der Waals surface area contributed by atoms with Gasteiger partial charge < -0.3 is 5.32 Å². The van der Waals surface area contributed by atoms with Gasteiger partial charge in [-0.2, -0.15) is 0 Å². The van der Waals surface area contributed by atoms with Gasteiger partial charge in [0.1, 0.15) is 0 Å². The maximum atomic E-state index is 3.26. The molecule has 0 aliphatic heterocycles. The van der Waals surface area contributed by atoms with E-state index in [-0.39, 0.29) is 0 Å². The van der Waals surface area contributed by atoms with Crippen molar-refractivity contribution in [1.29, 1.82) is 0 Å². The zero-order valence-corrected chi connectivity index (χ0v) is 16.6. The van der Waals surface area contributed by atoms with Gasteiger partial charge in [-0.1, -0.05) is 92.4 Å². The van der Waals surface area contributed by atoms with Crippen molar-refractivity contribution in [2.24, 2.45) is 23.7 Å². The zero-order chi connectivity index (χ0) is 16.8. The summed E-state index contributed by atoms with van der Waals surface area (Å²) in [4.78, 5) is 0. The molecule has 0 radical (unpaired) electrons. The maximum absolute atomic E-state index is 3.26. The van der Waals surface area contributed by atoms with Crippen LogP contribution in [-0.4, -0.2) is 13.6 Å². The topological polar surface area (TPSA) is 12.0 Å². The van der Waals surface area contributed by atoms with E-state index in [1.54, 1.807) is 0 Å². The molecule has 0 aromatic rings. The minimum atomic E-state index is 0.878. The van der Waals surface area contributed by atoms with Crippen molar-refractivity contribution in [3.05, 3.63) is 0 Å². The molecular formula is C21H45N. The highest BCUT2D eigenvalue weighted by Gasteiger charge is 2.07. The van der Waals surface area contributed by atoms with E-state index in [1.807, 2.05) is 0 Å². The smallest absolute Gasteiger partial charge is 0.00494 e. The summed E-state index contributed by atoms with van der Waals surface area (Å²) in [5.74, 6) is 3.63. The molecule has 0 aliphatic carbocycles. The molecular weight excluding hydrogens is 266 g/mol. The molecule has 0 aromatic carbocycles. The quantitative estimate of drug-likeness (QED) is 0.356. The zero-order valence-electron chi connectivity index (χ0n) is 16.6. The average Bonchev–Trinajstić information content (AvgIpc) is 2.44. The van der Waals surface area contributed by atoms with Crippen LogP contribution in [0.3, 0.4) is 0 Å². The summed E-state index contributed by atoms with van der Waals surface area (Å²) in [6, 6.07) is 0. The first-order chi connectivity index (χ1) is 10.5. The van der Waals surface area contributed by atoms with Crippen LogP contribution in [0.2, 0.25) is 0 Å². The molecule has 1 nitrogen and oxygen atoms in total. The van der Waals surface area contributed by atoms with Gasteiger partial charge in [-0.3, -0.25) is 0 Å². The molecule has 0 spiro atoms. The van der Waals surface area contributed by atoms with Gasteiger partial charge in [0.05, 0.1) is 0 Å². The summed E-state index contributed by atoms with van der Waals surface area (Å²) in [6.45, 7) is 13.2. The summed E-state index contributed by atoms with van der Waals surface area (Å²) in [5, 5.41) is 3.26. The second-order valence-corrected chi connectivity index (χ2v) is 8.39. The van der Waals surface area contributed by atoms with Gasteiger partial charge in [-0.15, -0.1) is 0 Å². The van der Waals surface area contributed by atoms with Gasteiger partial charge in [-0.05, 0) is 43.7 Å². The Bertz CT molecular complexity index is 224. The molecule has 0 saturated heterocycles. The van der Waals surface area contributed by atoms with E-state index in [4.69, 9.17) is 0 Å². The molecule has 0 bridgehead atoms. The maximum Gasteiger partial charge on any atom is -0.00494 e. The van der Waals surface area contributed by atoms with Crippen molar-refractivity contribution >= 4 is 0 Å². The van der Waals surface area contributed by atoms with Gasteiger partial charge in [0.25, 0.3) is 0 Å². The van der Waals surface area contributed by atoms with Crippen LogP contribution in [0.25, 0.3) is 0 Å². The van der Waals surface area contributed by atoms with Crippen LogP contribution >= 0.6 is 0 Å². The second-order valence-electron chi connectivity index (χ2n) is 8.39. The van der Waals surface area contributed by atoms with Gasteiger partial charge in [0.2, 0.25) is 0 Å². The monoisotopic (exact) mass is 311 g/mol. The van der Waals surface area contributed by atoms with Gasteiger partial charge >= 0.3 is 0 Å². The number of hydrogen-bond donors (Lipinski definition) is 1. The minimum absolute atomic E-state index is 0.878. The fraction of sp³-hybridized carbons (Fsp3) is 1.00. The highest BCUT2D eigenvalue weighted by molar-refractivity contribution is 4.61. The highest BCUT2D eigenvalue weighted by atomic mass is 14.8. The lowest BCUT2D eigenvalue weighted by atomic mass is 9.91. The van der Waals surface area contributed by atoms with Crippen LogP contribution in [0.5, 0.6) is 0 Å². The molecule has 3 atom stereocenters. The van der Waals surface area contributed by atoms with Gasteiger partial charge in [-0.25, -0.2) is 0 Å². The number of hydrogen-bond acceptors (Lipinski definition) is 1. The summed E-state index contributed by atoms with van der Waals surface area (Å²) in [7, 11) is 2.05. The predicted molar refractivity (Wildman–Crippen MR) is 102 cm³/mol. The van der Waals surface area contributed by atoms with Gasteiger partial charge in [0.15, 0.2) is 0 Å². The molecule has 3 unspecified atom stereocenters. The lowest BCUT2D eigenvalue weighted by Crippen LogP contribution is -2.11. The third-order valence-electron chi connectivity index (χ3n) is 5.15. The molecule has 0 aromatic heterocycles. The van der Waals surface area contributed by atoms with Crippen LogP contribution in [0.15, 0.2) is 0 Å². The average molecular weight is 312 g/mol. The molecule has 1 heteroatoms. The third-order valence-corrected chi connectivity index (χ3v) is 5.15. The second kappa shape index (κ2) is 14.5. The van der Waals surface area contributed by atoms with Crippen LogP contribution in [0.4, 0.5) is 0 Å². The van der Waals surface area contributed by atoms with E-state index in [9.17, 15) is 0 Å². The molecule has 1 N–H and O–H groups in total. The summed E-state index contributed by atoms with van der Waals surface area (Å²) in [5.41, 5.74) is 0. The Morgan fingerprint density at radius 1 is 0.545 bits per heavy atom. The van der Waals surface area contributed by atoms with E-state index >= 15 is 0 Å². The Kier molecular flexibility index (Phi) is 14.5. The van der Waals surface area contributed by atoms with Crippen molar-refractivity contribution in [3.63, 3.8) is 0 Å². The fourth-order valence-electron chi connectivity index (χ4n) is 3.33. The van der Waals surface area contributed by atoms with Gasteiger partial charge in [0, 0.05) is 0 Å². The first-order valence-corrected chi connectivity index (χ1v) is 10.1. The summed E-state index contributed by atoms with van der Waals surface area (Å²) < 4.78 is 0. The number of rotatable bonds is 15. The Balaban J connectivity index is 3.46. The molecule has 0 fully saturated rings. The minimum Gasteiger partial charge on any atom is -0.320 e. The fourth-order valence-corrected chi connectivity index (χ4v) is 3.33. The lowest BCUT2D eigenvalue weighted by Gasteiger charge is -2.16. The standard InChI is InChI=1S/C21H45N/c1-18(2)10-7-11-19(3)12-8-13-20(4)14-9-15-21(5)16-17-22-6/h18-22H,7-17H2,1-6H3. The molecule has 0 heterocycles. The van der Waals surface area contributed by atoms with Crippen molar-refractivity contribution in [2.45, 2.75) is 98.8 Å². The molecule has 0 saturated carbocycles. The summed E-state index contributed by atoms with van der Waals surface area (Å²) >= 11 is 0. The largest absolute Gasteiger partial charge is 0.320 e. The van der Waals surface area contributed by atoms with Crippen molar-refractivity contribution in [2.75, 3.05) is 13.6 Å². The third kappa shape index (κ3) is 14.9. The van der Waals surface area contributed by atoms with E-state index in [1.165, 1.54) is 70.8 Å². The van der Waals surface area contributed by atoms with Crippen LogP contribution in [-0.2, 0) is 0 Å². The van der Waals surface area contributed by atoms with E-state index in [0.29, 0.717) is 0 Å². The molecule has 0 rings (SSSR count). The molecule has 134 valence electrons. The Labute approximate surface area is 142 Å². The Morgan fingerprint density at radius 3 is 1.27 bits per heavy atom. The molecule has 0 amide bonds. The van der Waals surface area contributed by atoms with Crippen molar-refractivity contribution < 1.29 is 0 Å². The molecule has 0 aliphatic rings.